The van der Waals surface area contributed by atoms with Crippen molar-refractivity contribution in [2.24, 2.45) is 0 Å². The zero-order valence-corrected chi connectivity index (χ0v) is 21.8. The largest absolute Gasteiger partial charge is 0.311 e. The number of carbonyl (C=O) groups excluding carboxylic acids is 1. The van der Waals surface area contributed by atoms with Crippen LogP contribution in [0.5, 0.6) is 0 Å². The topological polar surface area (TPSA) is 51.7 Å². The van der Waals surface area contributed by atoms with Gasteiger partial charge in [-0.15, -0.1) is 0 Å². The first-order valence-electron chi connectivity index (χ1n) is 13.1. The quantitative estimate of drug-likeness (QED) is 0.638. The van der Waals surface area contributed by atoms with E-state index in [0.29, 0.717) is 44.0 Å². The van der Waals surface area contributed by atoms with E-state index in [-0.39, 0.29) is 35.7 Å². The van der Waals surface area contributed by atoms with Gasteiger partial charge >= 0.3 is 0 Å². The molecule has 0 radical (unpaired) electrons. The molecule has 1 aromatic carbocycles. The molecule has 0 unspecified atom stereocenters. The molecule has 6 nitrogen and oxygen atoms in total. The van der Waals surface area contributed by atoms with Crippen LogP contribution in [-0.4, -0.2) is 84.8 Å². The van der Waals surface area contributed by atoms with E-state index in [1.807, 2.05) is 13.8 Å². The highest BCUT2D eigenvalue weighted by Gasteiger charge is 2.43. The Morgan fingerprint density at radius 2 is 1.95 bits per heavy atom. The SMILES string of the molecule is C[C@@H]1CN(CC(=O)N2CC(C)(C)c3ncc(C(F)(F)c4ccccc4)cc32)[C@@H](CN2CC[C@@H](F)C2)CN1. The number of rotatable bonds is 6. The molecule has 0 aliphatic carbocycles. The smallest absolute Gasteiger partial charge is 0.300 e. The van der Waals surface area contributed by atoms with Crippen LogP contribution in [0.3, 0.4) is 0 Å². The summed E-state index contributed by atoms with van der Waals surface area (Å²) in [4.78, 5) is 24.1. The summed E-state index contributed by atoms with van der Waals surface area (Å²) in [6, 6.07) is 9.41. The molecule has 9 heteroatoms. The second kappa shape index (κ2) is 10.0. The van der Waals surface area contributed by atoms with Gasteiger partial charge in [-0.05, 0) is 19.4 Å². The molecule has 2 aromatic rings. The predicted molar refractivity (Wildman–Crippen MR) is 138 cm³/mol. The van der Waals surface area contributed by atoms with Crippen molar-refractivity contribution in [3.63, 3.8) is 0 Å². The number of aromatic nitrogens is 1. The standard InChI is InChI=1S/C28H36F3N5O/c1-19-14-35(23(13-32-19)16-34-10-9-22(29)15-34)17-25(37)36-18-27(2,3)26-24(36)11-21(12-33-26)28(30,31)20-7-5-4-6-8-20/h4-8,11-12,19,22-23,32H,9-10,13-18H2,1-3H3/t19-,22-,23-/m1/s1. The molecule has 3 aliphatic rings. The van der Waals surface area contributed by atoms with Crippen LogP contribution in [0.4, 0.5) is 18.9 Å². The number of halogens is 3. The Balaban J connectivity index is 1.38. The van der Waals surface area contributed by atoms with Crippen LogP contribution in [0.15, 0.2) is 42.6 Å². The summed E-state index contributed by atoms with van der Waals surface area (Å²) in [6.45, 7) is 9.89. The van der Waals surface area contributed by atoms with Crippen LogP contribution < -0.4 is 10.2 Å². The van der Waals surface area contributed by atoms with Crippen LogP contribution in [-0.2, 0) is 16.1 Å². The maximum Gasteiger partial charge on any atom is 0.300 e. The first-order valence-corrected chi connectivity index (χ1v) is 13.1. The van der Waals surface area contributed by atoms with E-state index in [1.165, 1.54) is 24.4 Å². The maximum absolute atomic E-state index is 15.4. The minimum atomic E-state index is -3.23. The summed E-state index contributed by atoms with van der Waals surface area (Å²) in [5, 5.41) is 3.48. The first-order chi connectivity index (χ1) is 17.5. The number of hydrogen-bond donors (Lipinski definition) is 1. The lowest BCUT2D eigenvalue weighted by molar-refractivity contribution is -0.120. The zero-order valence-electron chi connectivity index (χ0n) is 21.8. The first kappa shape index (κ1) is 26.1. The van der Waals surface area contributed by atoms with Crippen molar-refractivity contribution in [2.45, 2.75) is 56.8 Å². The zero-order chi connectivity index (χ0) is 26.4. The second-order valence-corrected chi connectivity index (χ2v) is 11.4. The molecule has 4 heterocycles. The number of carbonyl (C=O) groups is 1. The van der Waals surface area contributed by atoms with E-state index >= 15 is 8.78 Å². The molecule has 37 heavy (non-hydrogen) atoms. The number of nitrogens with zero attached hydrogens (tertiary/aromatic N) is 4. The van der Waals surface area contributed by atoms with Gasteiger partial charge in [0.1, 0.15) is 6.17 Å². The molecule has 1 N–H and O–H groups in total. The Bertz CT molecular complexity index is 1130. The molecule has 200 valence electrons. The summed E-state index contributed by atoms with van der Waals surface area (Å²) in [7, 11) is 0. The summed E-state index contributed by atoms with van der Waals surface area (Å²) in [5.41, 5.74) is 0.332. The molecule has 5 rings (SSSR count). The van der Waals surface area contributed by atoms with Gasteiger partial charge in [0.25, 0.3) is 5.92 Å². The lowest BCUT2D eigenvalue weighted by Gasteiger charge is -2.41. The number of nitrogens with one attached hydrogen (secondary N) is 1. The molecule has 0 bridgehead atoms. The number of anilines is 1. The number of amides is 1. The van der Waals surface area contributed by atoms with E-state index < -0.39 is 17.5 Å². The lowest BCUT2D eigenvalue weighted by Crippen LogP contribution is -2.60. The van der Waals surface area contributed by atoms with E-state index in [2.05, 4.69) is 27.0 Å². The maximum atomic E-state index is 15.4. The van der Waals surface area contributed by atoms with Crippen molar-refractivity contribution in [2.75, 3.05) is 50.7 Å². The third-order valence-corrected chi connectivity index (χ3v) is 7.90. The number of benzene rings is 1. The molecule has 0 saturated carbocycles. The van der Waals surface area contributed by atoms with Crippen molar-refractivity contribution >= 4 is 11.6 Å². The van der Waals surface area contributed by atoms with Crippen molar-refractivity contribution in [3.8, 4) is 0 Å². The number of pyridine rings is 1. The van der Waals surface area contributed by atoms with Crippen LogP contribution in [0.1, 0.15) is 44.0 Å². The third-order valence-electron chi connectivity index (χ3n) is 7.90. The molecule has 3 atom stereocenters. The molecule has 2 fully saturated rings. The highest BCUT2D eigenvalue weighted by atomic mass is 19.3. The molecule has 1 amide bonds. The lowest BCUT2D eigenvalue weighted by atomic mass is 9.90. The minimum Gasteiger partial charge on any atom is -0.311 e. The van der Waals surface area contributed by atoms with Crippen molar-refractivity contribution in [1.29, 1.82) is 0 Å². The molecule has 3 aliphatic heterocycles. The van der Waals surface area contributed by atoms with Crippen LogP contribution in [0.2, 0.25) is 0 Å². The third kappa shape index (κ3) is 5.26. The van der Waals surface area contributed by atoms with Crippen molar-refractivity contribution < 1.29 is 18.0 Å². The van der Waals surface area contributed by atoms with Crippen LogP contribution >= 0.6 is 0 Å². The van der Waals surface area contributed by atoms with Gasteiger partial charge < -0.3 is 10.2 Å². The van der Waals surface area contributed by atoms with Gasteiger partial charge in [-0.1, -0.05) is 44.2 Å². The fraction of sp³-hybridized carbons (Fsp3) is 0.571. The van der Waals surface area contributed by atoms with E-state index in [1.54, 1.807) is 23.1 Å². The molecule has 2 saturated heterocycles. The van der Waals surface area contributed by atoms with Gasteiger partial charge in [0.2, 0.25) is 5.91 Å². The normalized spacial score (nSPS) is 26.4. The Hall–Kier alpha value is -2.49. The Kier molecular flexibility index (Phi) is 7.06. The molecule has 1 aromatic heterocycles. The average Bonchev–Trinajstić information content (AvgIpc) is 3.40. The van der Waals surface area contributed by atoms with E-state index in [4.69, 9.17) is 0 Å². The van der Waals surface area contributed by atoms with Gasteiger partial charge in [0.05, 0.1) is 17.9 Å². The van der Waals surface area contributed by atoms with Crippen LogP contribution in [0, 0.1) is 0 Å². The fourth-order valence-corrected chi connectivity index (χ4v) is 5.86. The second-order valence-electron chi connectivity index (χ2n) is 11.4. The summed E-state index contributed by atoms with van der Waals surface area (Å²) >= 11 is 0. The number of hydrogen-bond acceptors (Lipinski definition) is 5. The Labute approximate surface area is 216 Å². The van der Waals surface area contributed by atoms with Gasteiger partial charge in [-0.2, -0.15) is 8.78 Å². The van der Waals surface area contributed by atoms with Crippen molar-refractivity contribution in [1.82, 2.24) is 20.1 Å². The number of likely N-dealkylation sites (tertiary alicyclic amines) is 1. The Morgan fingerprint density at radius 1 is 1.19 bits per heavy atom. The molecular weight excluding hydrogens is 479 g/mol. The Morgan fingerprint density at radius 3 is 2.65 bits per heavy atom. The number of alkyl halides is 3. The van der Waals surface area contributed by atoms with Gasteiger partial charge in [-0.25, -0.2) is 4.39 Å². The van der Waals surface area contributed by atoms with Crippen LogP contribution in [0.25, 0.3) is 0 Å². The molecular formula is C28H36F3N5O. The average molecular weight is 516 g/mol. The van der Waals surface area contributed by atoms with Crippen molar-refractivity contribution in [3.05, 3.63) is 59.4 Å². The van der Waals surface area contributed by atoms with Gasteiger partial charge in [0, 0.05) is 74.1 Å². The monoisotopic (exact) mass is 515 g/mol. The van der Waals surface area contributed by atoms with E-state index in [0.717, 1.165) is 13.1 Å². The predicted octanol–water partition coefficient (Wildman–Crippen LogP) is 3.55. The summed E-state index contributed by atoms with van der Waals surface area (Å²) in [5.74, 6) is -3.36. The summed E-state index contributed by atoms with van der Waals surface area (Å²) in [6.07, 6.45) is 1.01. The highest BCUT2D eigenvalue weighted by molar-refractivity contribution is 5.97. The highest BCUT2D eigenvalue weighted by Crippen LogP contribution is 2.43. The van der Waals surface area contributed by atoms with Gasteiger partial charge in [0.15, 0.2) is 0 Å². The number of fused-ring (bicyclic) bond motifs is 1. The van der Waals surface area contributed by atoms with E-state index in [9.17, 15) is 9.18 Å². The minimum absolute atomic E-state index is 0.0763. The molecule has 0 spiro atoms. The fourth-order valence-electron chi connectivity index (χ4n) is 5.86. The number of piperazine rings is 1. The summed E-state index contributed by atoms with van der Waals surface area (Å²) < 4.78 is 44.5. The van der Waals surface area contributed by atoms with Gasteiger partial charge in [-0.3, -0.25) is 19.6 Å².